The molecule has 0 aromatic heterocycles. The second-order valence-corrected chi connectivity index (χ2v) is 2.41. The van der Waals surface area contributed by atoms with Gasteiger partial charge in [-0.1, -0.05) is 12.8 Å². The van der Waals surface area contributed by atoms with Crippen LogP contribution in [0.4, 0.5) is 0 Å². The van der Waals surface area contributed by atoms with Crippen LogP contribution < -0.4 is 0 Å². The lowest BCUT2D eigenvalue weighted by molar-refractivity contribution is 0.752. The van der Waals surface area contributed by atoms with Crippen LogP contribution in [0.2, 0.25) is 0 Å². The van der Waals surface area contributed by atoms with E-state index in [2.05, 4.69) is 11.8 Å². The normalized spacial score (nSPS) is 17.1. The quantitative estimate of drug-likeness (QED) is 0.476. The molecule has 0 amide bonds. The van der Waals surface area contributed by atoms with Gasteiger partial charge in [-0.2, -0.15) is 0 Å². The Labute approximate surface area is 51.3 Å². The van der Waals surface area contributed by atoms with Gasteiger partial charge in [-0.25, -0.2) is 0 Å². The van der Waals surface area contributed by atoms with E-state index in [0.29, 0.717) is 0 Å². The third-order valence-corrected chi connectivity index (χ3v) is 1.55. The molecule has 0 spiro atoms. The predicted molar refractivity (Wildman–Crippen MR) is 35.4 cm³/mol. The van der Waals surface area contributed by atoms with Crippen LogP contribution in [0.25, 0.3) is 0 Å². The average molecular weight is 108 g/mol. The minimum Gasteiger partial charge on any atom is -0.107 e. The Hall–Kier alpha value is -0.440. The van der Waals surface area contributed by atoms with Gasteiger partial charge < -0.3 is 0 Å². The van der Waals surface area contributed by atoms with E-state index in [1.807, 2.05) is 6.92 Å². The monoisotopic (exact) mass is 108 g/mol. The summed E-state index contributed by atoms with van der Waals surface area (Å²) < 4.78 is 0. The summed E-state index contributed by atoms with van der Waals surface area (Å²) in [5, 5.41) is 0. The standard InChI is InChI=1S/C8H12/c1-2-3-4-5-8-6-7-8/h8H,4-7H2,1H3. The Morgan fingerprint density at radius 1 is 1.50 bits per heavy atom. The van der Waals surface area contributed by atoms with E-state index >= 15 is 0 Å². The lowest BCUT2D eigenvalue weighted by Crippen LogP contribution is -1.71. The van der Waals surface area contributed by atoms with E-state index in [0.717, 1.165) is 12.3 Å². The summed E-state index contributed by atoms with van der Waals surface area (Å²) in [5.41, 5.74) is 0. The largest absolute Gasteiger partial charge is 0.107 e. The summed E-state index contributed by atoms with van der Waals surface area (Å²) in [6.45, 7) is 1.91. The highest BCUT2D eigenvalue weighted by Crippen LogP contribution is 2.33. The maximum atomic E-state index is 3.07. The first kappa shape index (κ1) is 5.69. The average Bonchev–Trinajstić information content (AvgIpc) is 2.51. The summed E-state index contributed by atoms with van der Waals surface area (Å²) >= 11 is 0. The molecule has 0 aliphatic heterocycles. The fourth-order valence-corrected chi connectivity index (χ4v) is 0.808. The molecule has 0 heteroatoms. The molecule has 1 saturated carbocycles. The van der Waals surface area contributed by atoms with Gasteiger partial charge in [-0.3, -0.25) is 0 Å². The summed E-state index contributed by atoms with van der Waals surface area (Å²) in [5.74, 6) is 7.02. The molecule has 0 heterocycles. The number of hydrogen-bond donors (Lipinski definition) is 0. The van der Waals surface area contributed by atoms with E-state index in [1.54, 1.807) is 0 Å². The lowest BCUT2D eigenvalue weighted by Gasteiger charge is -1.83. The van der Waals surface area contributed by atoms with E-state index < -0.39 is 0 Å². The molecule has 0 saturated heterocycles. The molecule has 0 aromatic rings. The van der Waals surface area contributed by atoms with Crippen LogP contribution in [0.5, 0.6) is 0 Å². The topological polar surface area (TPSA) is 0 Å². The molecule has 0 bridgehead atoms. The van der Waals surface area contributed by atoms with Gasteiger partial charge in [-0.05, 0) is 19.3 Å². The zero-order valence-electron chi connectivity index (χ0n) is 5.41. The van der Waals surface area contributed by atoms with Crippen molar-refractivity contribution in [2.45, 2.75) is 32.6 Å². The Balaban J connectivity index is 1.92. The molecule has 0 unspecified atom stereocenters. The molecular formula is C8H12. The summed E-state index contributed by atoms with van der Waals surface area (Å²) in [6.07, 6.45) is 5.40. The Morgan fingerprint density at radius 2 is 2.25 bits per heavy atom. The van der Waals surface area contributed by atoms with E-state index in [-0.39, 0.29) is 0 Å². The van der Waals surface area contributed by atoms with Gasteiger partial charge in [0.2, 0.25) is 0 Å². The SMILES string of the molecule is CC#CCCC1CC1. The highest BCUT2D eigenvalue weighted by atomic mass is 14.2. The first-order valence-corrected chi connectivity index (χ1v) is 3.33. The van der Waals surface area contributed by atoms with Gasteiger partial charge in [0, 0.05) is 6.42 Å². The van der Waals surface area contributed by atoms with Crippen LogP contribution in [0.1, 0.15) is 32.6 Å². The van der Waals surface area contributed by atoms with Crippen molar-refractivity contribution in [3.63, 3.8) is 0 Å². The van der Waals surface area contributed by atoms with E-state index in [9.17, 15) is 0 Å². The van der Waals surface area contributed by atoms with Gasteiger partial charge in [0.05, 0.1) is 0 Å². The molecule has 1 aliphatic carbocycles. The first-order chi connectivity index (χ1) is 3.93. The van der Waals surface area contributed by atoms with Crippen molar-refractivity contribution in [2.75, 3.05) is 0 Å². The predicted octanol–water partition coefficient (Wildman–Crippen LogP) is 2.20. The van der Waals surface area contributed by atoms with Crippen molar-refractivity contribution in [1.29, 1.82) is 0 Å². The van der Waals surface area contributed by atoms with Gasteiger partial charge in [0.25, 0.3) is 0 Å². The number of hydrogen-bond acceptors (Lipinski definition) is 0. The van der Waals surface area contributed by atoms with Crippen LogP contribution in [0, 0.1) is 17.8 Å². The second-order valence-electron chi connectivity index (χ2n) is 2.41. The molecule has 1 rings (SSSR count). The van der Waals surface area contributed by atoms with Crippen LogP contribution >= 0.6 is 0 Å². The minimum atomic E-state index is 1.05. The second kappa shape index (κ2) is 2.77. The fourth-order valence-electron chi connectivity index (χ4n) is 0.808. The minimum absolute atomic E-state index is 1.05. The highest BCUT2D eigenvalue weighted by molar-refractivity contribution is 4.95. The van der Waals surface area contributed by atoms with E-state index in [1.165, 1.54) is 19.3 Å². The van der Waals surface area contributed by atoms with Crippen LogP contribution in [-0.4, -0.2) is 0 Å². The zero-order chi connectivity index (χ0) is 5.82. The third-order valence-electron chi connectivity index (χ3n) is 1.55. The molecule has 0 nitrogen and oxygen atoms in total. The molecular weight excluding hydrogens is 96.1 g/mol. The van der Waals surface area contributed by atoms with Crippen molar-refractivity contribution >= 4 is 0 Å². The van der Waals surface area contributed by atoms with Crippen molar-refractivity contribution in [3.05, 3.63) is 0 Å². The first-order valence-electron chi connectivity index (χ1n) is 3.33. The molecule has 0 N–H and O–H groups in total. The van der Waals surface area contributed by atoms with Crippen LogP contribution in [0.3, 0.4) is 0 Å². The summed E-state index contributed by atoms with van der Waals surface area (Å²) in [7, 11) is 0. The van der Waals surface area contributed by atoms with Crippen LogP contribution in [0.15, 0.2) is 0 Å². The van der Waals surface area contributed by atoms with Gasteiger partial charge >= 0.3 is 0 Å². The highest BCUT2D eigenvalue weighted by Gasteiger charge is 2.19. The van der Waals surface area contributed by atoms with Crippen molar-refractivity contribution in [2.24, 2.45) is 5.92 Å². The Morgan fingerprint density at radius 3 is 2.75 bits per heavy atom. The molecule has 0 radical (unpaired) electrons. The summed E-state index contributed by atoms with van der Waals surface area (Å²) in [6, 6.07) is 0. The van der Waals surface area contributed by atoms with Crippen molar-refractivity contribution < 1.29 is 0 Å². The van der Waals surface area contributed by atoms with Gasteiger partial charge in [-0.15, -0.1) is 11.8 Å². The fraction of sp³-hybridized carbons (Fsp3) is 0.750. The Bertz CT molecular complexity index is 110. The summed E-state index contributed by atoms with van der Waals surface area (Å²) in [4.78, 5) is 0. The van der Waals surface area contributed by atoms with Crippen LogP contribution in [-0.2, 0) is 0 Å². The van der Waals surface area contributed by atoms with Gasteiger partial charge in [0.1, 0.15) is 0 Å². The molecule has 44 valence electrons. The van der Waals surface area contributed by atoms with Crippen molar-refractivity contribution in [1.82, 2.24) is 0 Å². The number of rotatable bonds is 2. The maximum absolute atomic E-state index is 3.07. The lowest BCUT2D eigenvalue weighted by atomic mass is 10.2. The third kappa shape index (κ3) is 2.02. The van der Waals surface area contributed by atoms with E-state index in [4.69, 9.17) is 0 Å². The maximum Gasteiger partial charge on any atom is 0.00912 e. The zero-order valence-corrected chi connectivity index (χ0v) is 5.41. The molecule has 1 fully saturated rings. The molecule has 1 aliphatic rings. The molecule has 8 heavy (non-hydrogen) atoms. The molecule has 0 aromatic carbocycles. The Kier molecular flexibility index (Phi) is 1.97. The van der Waals surface area contributed by atoms with Crippen molar-refractivity contribution in [3.8, 4) is 11.8 Å². The smallest absolute Gasteiger partial charge is 0.00912 e. The van der Waals surface area contributed by atoms with Gasteiger partial charge in [0.15, 0.2) is 0 Å². The molecule has 0 atom stereocenters.